The molecule has 18 heavy (non-hydrogen) atoms. The number of hydrogen-bond acceptors (Lipinski definition) is 3. The summed E-state index contributed by atoms with van der Waals surface area (Å²) < 4.78 is 18.2. The smallest absolute Gasteiger partial charge is 0.174 e. The standard InChI is InChI=1S/C11H32O3Si4/c1-11-18(15(5,6)12-2,16(7,8)13-3)17(9,10)14-4/h11H2,1-10H3. The first-order chi connectivity index (χ1) is 7.99. The van der Waals surface area contributed by atoms with Crippen molar-refractivity contribution < 1.29 is 13.3 Å². The summed E-state index contributed by atoms with van der Waals surface area (Å²) in [5.74, 6) is 0. The molecule has 0 unspecified atom stereocenters. The molecule has 0 aromatic heterocycles. The van der Waals surface area contributed by atoms with Gasteiger partial charge >= 0.3 is 0 Å². The third-order valence-electron chi connectivity index (χ3n) is 5.14. The van der Waals surface area contributed by atoms with Crippen molar-refractivity contribution in [3.63, 3.8) is 0 Å². The lowest BCUT2D eigenvalue weighted by molar-refractivity contribution is 0.402. The van der Waals surface area contributed by atoms with Gasteiger partial charge in [0.25, 0.3) is 0 Å². The van der Waals surface area contributed by atoms with Gasteiger partial charge in [-0.1, -0.05) is 13.0 Å². The molecule has 0 spiro atoms. The Morgan fingerprint density at radius 1 is 0.611 bits per heavy atom. The van der Waals surface area contributed by atoms with Crippen molar-refractivity contribution in [3.05, 3.63) is 0 Å². The second-order valence-electron chi connectivity index (χ2n) is 6.40. The maximum Gasteiger partial charge on any atom is 0.174 e. The van der Waals surface area contributed by atoms with Crippen LogP contribution in [0.2, 0.25) is 45.3 Å². The van der Waals surface area contributed by atoms with E-state index >= 15 is 0 Å². The second-order valence-corrected chi connectivity index (χ2v) is 42.2. The normalized spacial score (nSPS) is 15.0. The van der Waals surface area contributed by atoms with Gasteiger partial charge in [-0.3, -0.25) is 0 Å². The summed E-state index contributed by atoms with van der Waals surface area (Å²) in [5, 5.41) is 0. The molecule has 7 heteroatoms. The van der Waals surface area contributed by atoms with Crippen molar-refractivity contribution in [1.29, 1.82) is 0 Å². The lowest BCUT2D eigenvalue weighted by Gasteiger charge is -2.55. The molecular weight excluding hydrogens is 292 g/mol. The summed E-state index contributed by atoms with van der Waals surface area (Å²) in [6.07, 6.45) is 0. The summed E-state index contributed by atoms with van der Waals surface area (Å²) in [5.41, 5.74) is 0. The van der Waals surface area contributed by atoms with E-state index in [1.54, 1.807) is 0 Å². The van der Waals surface area contributed by atoms with Gasteiger partial charge in [0.15, 0.2) is 23.5 Å². The van der Waals surface area contributed by atoms with Gasteiger partial charge in [0.1, 0.15) is 6.63 Å². The van der Waals surface area contributed by atoms with Crippen LogP contribution in [0, 0.1) is 0 Å². The van der Waals surface area contributed by atoms with Crippen LogP contribution in [0.5, 0.6) is 0 Å². The second kappa shape index (κ2) is 6.02. The van der Waals surface area contributed by atoms with Gasteiger partial charge < -0.3 is 13.3 Å². The molecule has 0 rings (SSSR count). The van der Waals surface area contributed by atoms with Crippen molar-refractivity contribution in [2.45, 2.75) is 52.2 Å². The average Bonchev–Trinajstić information content (AvgIpc) is 2.29. The molecule has 0 bridgehead atoms. The van der Waals surface area contributed by atoms with Gasteiger partial charge in [0.2, 0.25) is 0 Å². The van der Waals surface area contributed by atoms with Gasteiger partial charge in [0, 0.05) is 21.3 Å². The van der Waals surface area contributed by atoms with Gasteiger partial charge in [-0.15, -0.1) is 0 Å². The number of rotatable bonds is 7. The molecule has 0 saturated heterocycles. The minimum atomic E-state index is -1.76. The lowest BCUT2D eigenvalue weighted by atomic mass is 11.0. The van der Waals surface area contributed by atoms with E-state index in [0.717, 1.165) is 0 Å². The van der Waals surface area contributed by atoms with E-state index in [0.29, 0.717) is 0 Å². The molecule has 0 amide bonds. The van der Waals surface area contributed by atoms with Gasteiger partial charge in [0.05, 0.1) is 0 Å². The van der Waals surface area contributed by atoms with E-state index in [-0.39, 0.29) is 0 Å². The molecule has 0 aromatic rings. The first kappa shape index (κ1) is 18.7. The van der Waals surface area contributed by atoms with Crippen LogP contribution in [-0.2, 0) is 13.3 Å². The molecule has 0 fully saturated rings. The zero-order valence-electron chi connectivity index (χ0n) is 13.9. The van der Waals surface area contributed by atoms with Crippen LogP contribution in [0.3, 0.4) is 0 Å². The third-order valence-corrected chi connectivity index (χ3v) is 71.5. The Kier molecular flexibility index (Phi) is 6.27. The third kappa shape index (κ3) is 2.63. The molecule has 0 radical (unpaired) electrons. The fourth-order valence-corrected chi connectivity index (χ4v) is 80.4. The Morgan fingerprint density at radius 2 is 0.833 bits per heavy atom. The van der Waals surface area contributed by atoms with E-state index in [4.69, 9.17) is 13.3 Å². The van der Waals surface area contributed by atoms with Crippen molar-refractivity contribution in [2.75, 3.05) is 21.3 Å². The van der Waals surface area contributed by atoms with Gasteiger partial charge in [-0.05, 0) is 39.3 Å². The van der Waals surface area contributed by atoms with E-state index in [1.807, 2.05) is 21.3 Å². The van der Waals surface area contributed by atoms with E-state index in [2.05, 4.69) is 46.2 Å². The Bertz CT molecular complexity index is 239. The summed E-state index contributed by atoms with van der Waals surface area (Å²) in [7, 11) is 0.406. The quantitative estimate of drug-likeness (QED) is 0.673. The fraction of sp³-hybridized carbons (Fsp3) is 1.00. The van der Waals surface area contributed by atoms with Gasteiger partial charge in [-0.2, -0.15) is 0 Å². The molecule has 0 heterocycles. The monoisotopic (exact) mass is 324 g/mol. The van der Waals surface area contributed by atoms with E-state index < -0.39 is 30.1 Å². The maximum atomic E-state index is 6.08. The van der Waals surface area contributed by atoms with E-state index in [9.17, 15) is 0 Å². The molecule has 0 aliphatic heterocycles. The molecular formula is C11H32O3Si4. The Labute approximate surface area is 117 Å². The van der Waals surface area contributed by atoms with Crippen molar-refractivity contribution in [2.24, 2.45) is 0 Å². The minimum Gasteiger partial charge on any atom is -0.423 e. The van der Waals surface area contributed by atoms with E-state index in [1.165, 1.54) is 6.04 Å². The van der Waals surface area contributed by atoms with Crippen LogP contribution >= 0.6 is 0 Å². The molecule has 3 nitrogen and oxygen atoms in total. The first-order valence-electron chi connectivity index (χ1n) is 6.65. The Morgan fingerprint density at radius 3 is 0.944 bits per heavy atom. The molecule has 0 atom stereocenters. The predicted octanol–water partition coefficient (Wildman–Crippen LogP) is 3.24. The SMILES string of the molecule is CC[Si]([Si](C)(C)OC)([Si](C)(C)OC)[Si](C)(C)OC. The highest BCUT2D eigenvalue weighted by atomic mass is 29.9. The Balaban J connectivity index is 6.13. The topological polar surface area (TPSA) is 27.7 Å². The summed E-state index contributed by atoms with van der Waals surface area (Å²) >= 11 is 0. The van der Waals surface area contributed by atoms with Crippen molar-refractivity contribution in [3.8, 4) is 0 Å². The fourth-order valence-electron chi connectivity index (χ4n) is 3.97. The molecule has 110 valence electrons. The van der Waals surface area contributed by atoms with Crippen LogP contribution in [0.1, 0.15) is 6.92 Å². The van der Waals surface area contributed by atoms with Crippen molar-refractivity contribution in [1.82, 2.24) is 0 Å². The predicted molar refractivity (Wildman–Crippen MR) is 89.7 cm³/mol. The van der Waals surface area contributed by atoms with Crippen LogP contribution in [0.4, 0.5) is 0 Å². The maximum absolute atomic E-state index is 6.08. The lowest BCUT2D eigenvalue weighted by Crippen LogP contribution is -2.86. The average molecular weight is 325 g/mol. The summed E-state index contributed by atoms with van der Waals surface area (Å²) in [4.78, 5) is 0. The van der Waals surface area contributed by atoms with Crippen LogP contribution in [0.15, 0.2) is 0 Å². The zero-order chi connectivity index (χ0) is 14.8. The highest BCUT2D eigenvalue weighted by Crippen LogP contribution is 2.40. The highest BCUT2D eigenvalue weighted by molar-refractivity contribution is 7.87. The largest absolute Gasteiger partial charge is 0.423 e. The number of hydrogen-bond donors (Lipinski definition) is 0. The molecule has 0 aliphatic carbocycles. The summed E-state index contributed by atoms with van der Waals surface area (Å²) in [6.45, 7) is 14.9. The van der Waals surface area contributed by atoms with Crippen molar-refractivity contribution >= 4 is 30.1 Å². The summed E-state index contributed by atoms with van der Waals surface area (Å²) in [6, 6.07) is 1.22. The minimum absolute atomic E-state index is 1.22. The first-order valence-corrected chi connectivity index (χ1v) is 20.6. The molecule has 0 N–H and O–H groups in total. The molecule has 0 aliphatic rings. The molecule has 0 saturated carbocycles. The van der Waals surface area contributed by atoms with Crippen LogP contribution in [-0.4, -0.2) is 51.5 Å². The molecule has 0 aromatic carbocycles. The van der Waals surface area contributed by atoms with Crippen LogP contribution in [0.25, 0.3) is 0 Å². The Hall–Kier alpha value is 0.748. The zero-order valence-corrected chi connectivity index (χ0v) is 17.9. The van der Waals surface area contributed by atoms with Gasteiger partial charge in [-0.25, -0.2) is 0 Å². The highest BCUT2D eigenvalue weighted by Gasteiger charge is 2.69. The van der Waals surface area contributed by atoms with Crippen LogP contribution < -0.4 is 0 Å².